The summed E-state index contributed by atoms with van der Waals surface area (Å²) in [6.07, 6.45) is 1.91. The third-order valence-electron chi connectivity index (χ3n) is 1.87. The Labute approximate surface area is 89.1 Å². The summed E-state index contributed by atoms with van der Waals surface area (Å²) in [5.74, 6) is 1.72. The van der Waals surface area contributed by atoms with E-state index in [2.05, 4.69) is 32.8 Å². The molecule has 4 nitrogen and oxygen atoms in total. The van der Waals surface area contributed by atoms with Crippen LogP contribution in [0.2, 0.25) is 0 Å². The van der Waals surface area contributed by atoms with Crippen molar-refractivity contribution in [1.29, 1.82) is 0 Å². The van der Waals surface area contributed by atoms with Crippen molar-refractivity contribution in [2.24, 2.45) is 0 Å². The van der Waals surface area contributed by atoms with E-state index in [0.717, 1.165) is 20.8 Å². The summed E-state index contributed by atoms with van der Waals surface area (Å²) in [6, 6.07) is 1.91. The first kappa shape index (κ1) is 8.74. The molecule has 2 aromatic rings. The summed E-state index contributed by atoms with van der Waals surface area (Å²) in [5.41, 5.74) is 0.845. The smallest absolute Gasteiger partial charge is 0.178 e. The number of nitrogens with zero attached hydrogens (tertiary/aromatic N) is 3. The van der Waals surface area contributed by atoms with Crippen molar-refractivity contribution in [3.05, 3.63) is 21.7 Å². The van der Waals surface area contributed by atoms with Crippen LogP contribution in [0.1, 0.15) is 5.82 Å². The van der Waals surface area contributed by atoms with E-state index in [1.54, 1.807) is 7.11 Å². The number of hydrogen-bond donors (Lipinski definition) is 0. The maximum Gasteiger partial charge on any atom is 0.178 e. The predicted octanol–water partition coefficient (Wildman–Crippen LogP) is 1.65. The van der Waals surface area contributed by atoms with Gasteiger partial charge in [-0.1, -0.05) is 0 Å². The lowest BCUT2D eigenvalue weighted by Gasteiger charge is -2.03. The zero-order valence-electron chi connectivity index (χ0n) is 7.28. The van der Waals surface area contributed by atoms with Gasteiger partial charge >= 0.3 is 0 Å². The van der Waals surface area contributed by atoms with Gasteiger partial charge in [0, 0.05) is 6.20 Å². The predicted molar refractivity (Wildman–Crippen MR) is 57.0 cm³/mol. The Morgan fingerprint density at radius 3 is 2.92 bits per heavy atom. The van der Waals surface area contributed by atoms with E-state index in [4.69, 9.17) is 4.74 Å². The van der Waals surface area contributed by atoms with Crippen LogP contribution in [-0.4, -0.2) is 21.7 Å². The normalized spacial score (nSPS) is 10.7. The van der Waals surface area contributed by atoms with Crippen LogP contribution in [-0.2, 0) is 0 Å². The summed E-state index contributed by atoms with van der Waals surface area (Å²) >= 11 is 2.20. The molecule has 0 aliphatic carbocycles. The van der Waals surface area contributed by atoms with Crippen molar-refractivity contribution in [2.45, 2.75) is 6.92 Å². The molecular formula is C8H8IN3O. The average molecular weight is 289 g/mol. The molecule has 0 aliphatic rings. The van der Waals surface area contributed by atoms with Crippen LogP contribution in [0, 0.1) is 10.5 Å². The molecule has 2 aromatic heterocycles. The summed E-state index contributed by atoms with van der Waals surface area (Å²) in [5, 5.41) is 8.04. The number of halogens is 1. The first-order valence-corrected chi connectivity index (χ1v) is 4.85. The van der Waals surface area contributed by atoms with E-state index in [9.17, 15) is 0 Å². The Kier molecular flexibility index (Phi) is 2.10. The van der Waals surface area contributed by atoms with E-state index in [1.807, 2.05) is 23.6 Å². The summed E-state index contributed by atoms with van der Waals surface area (Å²) < 4.78 is 8.10. The summed E-state index contributed by atoms with van der Waals surface area (Å²) in [4.78, 5) is 0. The highest BCUT2D eigenvalue weighted by atomic mass is 127. The average Bonchev–Trinajstić information content (AvgIpc) is 2.50. The molecule has 0 radical (unpaired) electrons. The third kappa shape index (κ3) is 1.27. The van der Waals surface area contributed by atoms with Crippen molar-refractivity contribution >= 4 is 28.2 Å². The molecule has 2 heterocycles. The fraction of sp³-hybridized carbons (Fsp3) is 0.250. The number of aromatic nitrogens is 3. The lowest BCUT2D eigenvalue weighted by Crippen LogP contribution is -1.93. The Bertz CT molecular complexity index is 452. The topological polar surface area (TPSA) is 39.4 Å². The number of rotatable bonds is 1. The lowest BCUT2D eigenvalue weighted by atomic mass is 10.4. The first-order valence-electron chi connectivity index (χ1n) is 3.78. The second-order valence-electron chi connectivity index (χ2n) is 2.64. The fourth-order valence-electron chi connectivity index (χ4n) is 1.18. The molecule has 0 unspecified atom stereocenters. The first-order chi connectivity index (χ1) is 6.24. The number of fused-ring (bicyclic) bond motifs is 1. The Morgan fingerprint density at radius 1 is 1.46 bits per heavy atom. The van der Waals surface area contributed by atoms with Gasteiger partial charge in [0.2, 0.25) is 0 Å². The van der Waals surface area contributed by atoms with Crippen molar-refractivity contribution < 1.29 is 4.74 Å². The molecule has 0 bridgehead atoms. The Hall–Kier alpha value is -0.850. The summed E-state index contributed by atoms with van der Waals surface area (Å²) in [6.45, 7) is 1.92. The van der Waals surface area contributed by atoms with Crippen LogP contribution in [0.4, 0.5) is 0 Å². The van der Waals surface area contributed by atoms with Crippen LogP contribution in [0.3, 0.4) is 0 Å². The molecule has 0 aromatic carbocycles. The zero-order valence-corrected chi connectivity index (χ0v) is 9.44. The van der Waals surface area contributed by atoms with Crippen LogP contribution >= 0.6 is 22.6 Å². The number of hydrogen-bond acceptors (Lipinski definition) is 3. The Morgan fingerprint density at radius 2 is 2.23 bits per heavy atom. The van der Waals surface area contributed by atoms with Gasteiger partial charge in [0.25, 0.3) is 0 Å². The van der Waals surface area contributed by atoms with Gasteiger partial charge in [0.05, 0.1) is 7.11 Å². The molecular weight excluding hydrogens is 281 g/mol. The SMILES string of the molecule is COc1ccn2c(C)nnc2c1I. The maximum absolute atomic E-state index is 5.17. The van der Waals surface area contributed by atoms with Gasteiger partial charge in [-0.25, -0.2) is 0 Å². The van der Waals surface area contributed by atoms with Gasteiger partial charge in [-0.2, -0.15) is 0 Å². The minimum Gasteiger partial charge on any atom is -0.495 e. The molecule has 0 amide bonds. The molecule has 13 heavy (non-hydrogen) atoms. The standard InChI is InChI=1S/C8H8IN3O/c1-5-10-11-8-7(9)6(13-2)3-4-12(5)8/h3-4H,1-2H3. The largest absolute Gasteiger partial charge is 0.495 e. The number of methoxy groups -OCH3 is 1. The lowest BCUT2D eigenvalue weighted by molar-refractivity contribution is 0.411. The molecule has 0 saturated carbocycles. The van der Waals surface area contributed by atoms with Crippen molar-refractivity contribution in [2.75, 3.05) is 7.11 Å². The number of pyridine rings is 1. The van der Waals surface area contributed by atoms with E-state index in [-0.39, 0.29) is 0 Å². The minimum absolute atomic E-state index is 0.834. The highest BCUT2D eigenvalue weighted by molar-refractivity contribution is 14.1. The van der Waals surface area contributed by atoms with Crippen molar-refractivity contribution in [3.63, 3.8) is 0 Å². The van der Waals surface area contributed by atoms with Crippen LogP contribution in [0.5, 0.6) is 5.75 Å². The van der Waals surface area contributed by atoms with Crippen LogP contribution < -0.4 is 4.74 Å². The molecule has 68 valence electrons. The second kappa shape index (κ2) is 3.13. The van der Waals surface area contributed by atoms with Crippen LogP contribution in [0.15, 0.2) is 12.3 Å². The molecule has 0 saturated heterocycles. The van der Waals surface area contributed by atoms with E-state index in [1.165, 1.54) is 0 Å². The van der Waals surface area contributed by atoms with Gasteiger partial charge in [0.1, 0.15) is 15.1 Å². The van der Waals surface area contributed by atoms with Crippen LogP contribution in [0.25, 0.3) is 5.65 Å². The van der Waals surface area contributed by atoms with Crippen molar-refractivity contribution in [3.8, 4) is 5.75 Å². The maximum atomic E-state index is 5.17. The molecule has 0 N–H and O–H groups in total. The molecule has 0 spiro atoms. The van der Waals surface area contributed by atoms with Gasteiger partial charge in [-0.05, 0) is 35.6 Å². The van der Waals surface area contributed by atoms with Gasteiger partial charge in [-0.3, -0.25) is 4.40 Å². The minimum atomic E-state index is 0.834. The van der Waals surface area contributed by atoms with Gasteiger partial charge < -0.3 is 4.74 Å². The van der Waals surface area contributed by atoms with E-state index >= 15 is 0 Å². The highest BCUT2D eigenvalue weighted by Gasteiger charge is 2.08. The van der Waals surface area contributed by atoms with Gasteiger partial charge in [0.15, 0.2) is 5.65 Å². The fourth-order valence-corrected chi connectivity index (χ4v) is 1.95. The summed E-state index contributed by atoms with van der Waals surface area (Å²) in [7, 11) is 1.65. The Balaban J connectivity index is 2.80. The zero-order chi connectivity index (χ0) is 9.42. The van der Waals surface area contributed by atoms with Crippen molar-refractivity contribution in [1.82, 2.24) is 14.6 Å². The number of aryl methyl sites for hydroxylation is 1. The molecule has 5 heteroatoms. The van der Waals surface area contributed by atoms with Gasteiger partial charge in [-0.15, -0.1) is 10.2 Å². The van der Waals surface area contributed by atoms with E-state index in [0.29, 0.717) is 0 Å². The second-order valence-corrected chi connectivity index (χ2v) is 3.72. The number of ether oxygens (including phenoxy) is 1. The molecule has 0 aliphatic heterocycles. The molecule has 0 fully saturated rings. The van der Waals surface area contributed by atoms with E-state index < -0.39 is 0 Å². The highest BCUT2D eigenvalue weighted by Crippen LogP contribution is 2.23. The third-order valence-corrected chi connectivity index (χ3v) is 2.89. The monoisotopic (exact) mass is 289 g/mol. The molecule has 0 atom stereocenters. The quantitative estimate of drug-likeness (QED) is 0.749. The molecule has 2 rings (SSSR count).